The average molecular weight is 294 g/mol. The van der Waals surface area contributed by atoms with E-state index in [2.05, 4.69) is 31.7 Å². The van der Waals surface area contributed by atoms with Crippen LogP contribution in [0.5, 0.6) is 0 Å². The molecule has 1 saturated heterocycles. The third-order valence-electron chi connectivity index (χ3n) is 5.84. The number of aliphatic hydroxyl groups excluding tert-OH is 1. The van der Waals surface area contributed by atoms with Gasteiger partial charge in [0.1, 0.15) is 0 Å². The molecule has 21 heavy (non-hydrogen) atoms. The molecule has 2 rings (SSSR count). The molecular weight excluding hydrogens is 264 g/mol. The predicted octanol–water partition coefficient (Wildman–Crippen LogP) is 2.42. The zero-order valence-electron chi connectivity index (χ0n) is 13.7. The fraction of sp³-hybridized carbons (Fsp3) is 0.941. The number of morpholine rings is 1. The Labute approximate surface area is 129 Å². The van der Waals surface area contributed by atoms with Gasteiger partial charge >= 0.3 is 0 Å². The minimum Gasteiger partial charge on any atom is -0.394 e. The van der Waals surface area contributed by atoms with E-state index in [0.717, 1.165) is 25.9 Å². The molecule has 1 aliphatic heterocycles. The molecular formula is C17H30N2O2. The van der Waals surface area contributed by atoms with E-state index in [1.165, 1.54) is 12.8 Å². The van der Waals surface area contributed by atoms with Gasteiger partial charge in [-0.3, -0.25) is 4.90 Å². The van der Waals surface area contributed by atoms with Crippen LogP contribution in [0.15, 0.2) is 0 Å². The highest BCUT2D eigenvalue weighted by Crippen LogP contribution is 2.43. The zero-order valence-corrected chi connectivity index (χ0v) is 13.7. The molecule has 1 heterocycles. The van der Waals surface area contributed by atoms with Gasteiger partial charge in [0, 0.05) is 19.1 Å². The van der Waals surface area contributed by atoms with Crippen LogP contribution in [0.2, 0.25) is 0 Å². The van der Waals surface area contributed by atoms with E-state index in [0.29, 0.717) is 24.0 Å². The molecule has 2 aliphatic rings. The number of nitrogens with zero attached hydrogens (tertiary/aromatic N) is 2. The Morgan fingerprint density at radius 1 is 1.38 bits per heavy atom. The fourth-order valence-corrected chi connectivity index (χ4v) is 3.85. The van der Waals surface area contributed by atoms with Crippen molar-refractivity contribution in [3.63, 3.8) is 0 Å². The van der Waals surface area contributed by atoms with E-state index >= 15 is 0 Å². The first-order chi connectivity index (χ1) is 10.0. The molecule has 0 spiro atoms. The van der Waals surface area contributed by atoms with Crippen molar-refractivity contribution in [3.8, 4) is 6.07 Å². The summed E-state index contributed by atoms with van der Waals surface area (Å²) in [4.78, 5) is 2.40. The van der Waals surface area contributed by atoms with Gasteiger partial charge in [-0.05, 0) is 30.6 Å². The lowest BCUT2D eigenvalue weighted by molar-refractivity contribution is -0.0796. The number of hydrogen-bond acceptors (Lipinski definition) is 4. The van der Waals surface area contributed by atoms with E-state index < -0.39 is 0 Å². The Balaban J connectivity index is 2.08. The quantitative estimate of drug-likeness (QED) is 0.865. The van der Waals surface area contributed by atoms with Crippen molar-refractivity contribution < 1.29 is 9.84 Å². The normalized spacial score (nSPS) is 35.4. The van der Waals surface area contributed by atoms with Gasteiger partial charge in [-0.15, -0.1) is 0 Å². The van der Waals surface area contributed by atoms with Gasteiger partial charge < -0.3 is 9.84 Å². The summed E-state index contributed by atoms with van der Waals surface area (Å²) < 4.78 is 5.56. The predicted molar refractivity (Wildman–Crippen MR) is 82.7 cm³/mol. The van der Waals surface area contributed by atoms with Gasteiger partial charge in [-0.2, -0.15) is 5.26 Å². The van der Waals surface area contributed by atoms with E-state index in [4.69, 9.17) is 4.74 Å². The van der Waals surface area contributed by atoms with Crippen molar-refractivity contribution in [2.24, 2.45) is 17.3 Å². The second-order valence-corrected chi connectivity index (χ2v) is 7.33. The van der Waals surface area contributed by atoms with Gasteiger partial charge in [0.15, 0.2) is 0 Å². The molecule has 0 aromatic carbocycles. The number of aliphatic hydroxyl groups is 1. The number of rotatable bonds is 4. The highest BCUT2D eigenvalue weighted by atomic mass is 16.5. The van der Waals surface area contributed by atoms with Crippen molar-refractivity contribution in [1.29, 1.82) is 5.26 Å². The van der Waals surface area contributed by atoms with Crippen LogP contribution < -0.4 is 0 Å². The molecule has 4 heteroatoms. The van der Waals surface area contributed by atoms with Crippen LogP contribution in [-0.2, 0) is 4.74 Å². The topological polar surface area (TPSA) is 56.5 Å². The van der Waals surface area contributed by atoms with Crippen molar-refractivity contribution in [2.45, 2.75) is 58.6 Å². The van der Waals surface area contributed by atoms with Crippen LogP contribution in [0.25, 0.3) is 0 Å². The zero-order chi connectivity index (χ0) is 15.5. The van der Waals surface area contributed by atoms with Crippen LogP contribution in [0.3, 0.4) is 0 Å². The largest absolute Gasteiger partial charge is 0.394 e. The average Bonchev–Trinajstić information content (AvgIpc) is 2.54. The molecule has 0 aromatic rings. The molecule has 120 valence electrons. The van der Waals surface area contributed by atoms with Crippen LogP contribution >= 0.6 is 0 Å². The third kappa shape index (κ3) is 3.77. The molecule has 1 aliphatic carbocycles. The molecule has 0 radical (unpaired) electrons. The minimum atomic E-state index is -0.0855. The van der Waals surface area contributed by atoms with Crippen molar-refractivity contribution >= 4 is 0 Å². The summed E-state index contributed by atoms with van der Waals surface area (Å²) in [6, 6.07) is 2.86. The molecule has 4 unspecified atom stereocenters. The first-order valence-corrected chi connectivity index (χ1v) is 8.38. The van der Waals surface area contributed by atoms with E-state index in [9.17, 15) is 10.4 Å². The maximum atomic E-state index is 9.50. The van der Waals surface area contributed by atoms with E-state index in [1.54, 1.807) is 0 Å². The van der Waals surface area contributed by atoms with Gasteiger partial charge in [0.2, 0.25) is 0 Å². The maximum absolute atomic E-state index is 9.50. The van der Waals surface area contributed by atoms with Gasteiger partial charge in [0.25, 0.3) is 0 Å². The number of ether oxygens (including phenoxy) is 1. The van der Waals surface area contributed by atoms with Gasteiger partial charge in [-0.25, -0.2) is 0 Å². The van der Waals surface area contributed by atoms with Crippen LogP contribution in [0, 0.1) is 28.6 Å². The molecule has 0 amide bonds. The summed E-state index contributed by atoms with van der Waals surface area (Å²) in [5.74, 6) is 0.818. The highest BCUT2D eigenvalue weighted by Gasteiger charge is 2.40. The van der Waals surface area contributed by atoms with Crippen LogP contribution in [0.4, 0.5) is 0 Å². The summed E-state index contributed by atoms with van der Waals surface area (Å²) in [7, 11) is 0. The number of nitriles is 1. The lowest BCUT2D eigenvalue weighted by atomic mass is 9.66. The summed E-state index contributed by atoms with van der Waals surface area (Å²) >= 11 is 0. The Morgan fingerprint density at radius 2 is 2.14 bits per heavy atom. The van der Waals surface area contributed by atoms with Gasteiger partial charge in [-0.1, -0.05) is 27.2 Å². The molecule has 0 bridgehead atoms. The molecule has 0 aromatic heterocycles. The van der Waals surface area contributed by atoms with Crippen LogP contribution in [0.1, 0.15) is 46.5 Å². The molecule has 1 N–H and O–H groups in total. The second-order valence-electron chi connectivity index (χ2n) is 7.33. The molecule has 2 fully saturated rings. The molecule has 1 saturated carbocycles. The first-order valence-electron chi connectivity index (χ1n) is 8.38. The van der Waals surface area contributed by atoms with Crippen LogP contribution in [-0.4, -0.2) is 48.5 Å². The lowest BCUT2D eigenvalue weighted by Crippen LogP contribution is -2.53. The minimum absolute atomic E-state index is 0.0737. The standard InChI is InChI=1S/C17H30N2O2/c1-4-17(2,3)14-6-5-13(10-18)16(9-14)19-7-8-21-15(11-19)12-20/h13-16,20H,4-9,11-12H2,1-3H3. The highest BCUT2D eigenvalue weighted by molar-refractivity contribution is 5.00. The van der Waals surface area contributed by atoms with E-state index in [-0.39, 0.29) is 18.6 Å². The molecule has 4 nitrogen and oxygen atoms in total. The lowest BCUT2D eigenvalue weighted by Gasteiger charge is -2.47. The van der Waals surface area contributed by atoms with E-state index in [1.807, 2.05) is 0 Å². The summed E-state index contributed by atoms with van der Waals surface area (Å²) in [5.41, 5.74) is 0.349. The summed E-state index contributed by atoms with van der Waals surface area (Å²) in [5, 5.41) is 18.8. The Morgan fingerprint density at radius 3 is 2.76 bits per heavy atom. The smallest absolute Gasteiger partial charge is 0.0932 e. The van der Waals surface area contributed by atoms with Crippen molar-refractivity contribution in [3.05, 3.63) is 0 Å². The van der Waals surface area contributed by atoms with Gasteiger partial charge in [0.05, 0.1) is 31.3 Å². The Bertz CT molecular complexity index is 377. The van der Waals surface area contributed by atoms with Crippen molar-refractivity contribution in [1.82, 2.24) is 4.90 Å². The van der Waals surface area contributed by atoms with Crippen molar-refractivity contribution in [2.75, 3.05) is 26.3 Å². The number of hydrogen-bond donors (Lipinski definition) is 1. The third-order valence-corrected chi connectivity index (χ3v) is 5.84. The second kappa shape index (κ2) is 7.09. The first kappa shape index (κ1) is 16.7. The Hall–Kier alpha value is -0.630. The maximum Gasteiger partial charge on any atom is 0.0932 e. The monoisotopic (exact) mass is 294 g/mol. The SMILES string of the molecule is CCC(C)(C)C1CCC(C#N)C(N2CCOC(CO)C2)C1. The summed E-state index contributed by atoms with van der Waals surface area (Å²) in [6.45, 7) is 9.37. The summed E-state index contributed by atoms with van der Waals surface area (Å²) in [6.07, 6.45) is 4.39. The Kier molecular flexibility index (Phi) is 5.65. The fourth-order valence-electron chi connectivity index (χ4n) is 3.85. The molecule has 4 atom stereocenters.